The van der Waals surface area contributed by atoms with E-state index in [2.05, 4.69) is 28.0 Å². The minimum atomic E-state index is -0.318. The second-order valence-corrected chi connectivity index (χ2v) is 8.74. The summed E-state index contributed by atoms with van der Waals surface area (Å²) < 4.78 is 5.52. The van der Waals surface area contributed by atoms with E-state index in [0.29, 0.717) is 18.1 Å². The standard InChI is InChI=1S/C24H31ClN6O2/c1-15-29-30-24-20(14-22(32)27-12-4-3-11-26)28-23(16-5-7-17(25)8-6-16)19-13-18(33-2)9-10-21(19)31(15)24/h5-10,13,15,20,24,29-30H,3-4,11-12,14,26H2,1-2H3,(H,27,32). The molecule has 2 aliphatic rings. The van der Waals surface area contributed by atoms with Gasteiger partial charge in [-0.05, 0) is 56.6 Å². The number of ether oxygens (including phenoxy) is 1. The van der Waals surface area contributed by atoms with Crippen molar-refractivity contribution < 1.29 is 9.53 Å². The number of hydrazine groups is 1. The average Bonchev–Trinajstić information content (AvgIpc) is 3.14. The predicted molar refractivity (Wildman–Crippen MR) is 132 cm³/mol. The molecule has 2 aliphatic heterocycles. The van der Waals surface area contributed by atoms with Crippen molar-refractivity contribution in [2.75, 3.05) is 25.1 Å². The Morgan fingerprint density at radius 1 is 1.21 bits per heavy atom. The Morgan fingerprint density at radius 2 is 2.00 bits per heavy atom. The number of hydrogen-bond donors (Lipinski definition) is 4. The minimum absolute atomic E-state index is 0.0111. The van der Waals surface area contributed by atoms with E-state index in [1.807, 2.05) is 42.5 Å². The fraction of sp³-hybridized carbons (Fsp3) is 0.417. The fourth-order valence-electron chi connectivity index (χ4n) is 4.34. The third kappa shape index (κ3) is 5.14. The van der Waals surface area contributed by atoms with Gasteiger partial charge in [0.15, 0.2) is 0 Å². The van der Waals surface area contributed by atoms with E-state index in [1.165, 1.54) is 0 Å². The zero-order valence-electron chi connectivity index (χ0n) is 19.0. The van der Waals surface area contributed by atoms with Gasteiger partial charge in [0, 0.05) is 28.4 Å². The molecule has 0 aromatic heterocycles. The zero-order valence-corrected chi connectivity index (χ0v) is 19.7. The van der Waals surface area contributed by atoms with Crippen molar-refractivity contribution in [1.29, 1.82) is 0 Å². The predicted octanol–water partition coefficient (Wildman–Crippen LogP) is 2.40. The molecule has 0 bridgehead atoms. The van der Waals surface area contributed by atoms with Crippen LogP contribution in [0.1, 0.15) is 37.3 Å². The van der Waals surface area contributed by atoms with Crippen LogP contribution in [0.15, 0.2) is 47.5 Å². The maximum absolute atomic E-state index is 12.8. The molecule has 2 heterocycles. The summed E-state index contributed by atoms with van der Waals surface area (Å²) in [5.41, 5.74) is 15.9. The van der Waals surface area contributed by atoms with Gasteiger partial charge in [-0.2, -0.15) is 0 Å². The van der Waals surface area contributed by atoms with Crippen LogP contribution in [-0.4, -0.2) is 50.2 Å². The number of carbonyl (C=O) groups excluding carboxylic acids is 1. The van der Waals surface area contributed by atoms with Crippen molar-refractivity contribution >= 4 is 28.9 Å². The molecule has 4 rings (SSSR count). The molecular formula is C24H31ClN6O2. The number of nitrogens with zero attached hydrogens (tertiary/aromatic N) is 2. The maximum Gasteiger partial charge on any atom is 0.222 e. The third-order valence-corrected chi connectivity index (χ3v) is 6.27. The Hall–Kier alpha value is -2.65. The summed E-state index contributed by atoms with van der Waals surface area (Å²) in [5.74, 6) is 0.719. The highest BCUT2D eigenvalue weighted by atomic mass is 35.5. The number of halogens is 1. The molecule has 33 heavy (non-hydrogen) atoms. The van der Waals surface area contributed by atoms with E-state index < -0.39 is 0 Å². The Morgan fingerprint density at radius 3 is 2.73 bits per heavy atom. The number of rotatable bonds is 8. The van der Waals surface area contributed by atoms with Crippen molar-refractivity contribution in [3.8, 4) is 5.75 Å². The smallest absolute Gasteiger partial charge is 0.222 e. The number of aliphatic imine (C=N–C) groups is 1. The number of benzene rings is 2. The summed E-state index contributed by atoms with van der Waals surface area (Å²) in [6.45, 7) is 3.32. The summed E-state index contributed by atoms with van der Waals surface area (Å²) in [4.78, 5) is 20.2. The normalized spacial score (nSPS) is 21.6. The zero-order chi connectivity index (χ0) is 23.4. The Bertz CT molecular complexity index is 1010. The highest BCUT2D eigenvalue weighted by Crippen LogP contribution is 2.36. The molecule has 0 saturated carbocycles. The second-order valence-electron chi connectivity index (χ2n) is 8.30. The number of amides is 1. The van der Waals surface area contributed by atoms with Gasteiger partial charge in [0.1, 0.15) is 11.9 Å². The number of fused-ring (bicyclic) bond motifs is 3. The number of nitrogens with one attached hydrogen (secondary N) is 3. The molecular weight excluding hydrogens is 440 g/mol. The number of anilines is 1. The molecule has 1 fully saturated rings. The van der Waals surface area contributed by atoms with Gasteiger partial charge < -0.3 is 20.7 Å². The molecule has 1 amide bonds. The highest BCUT2D eigenvalue weighted by Gasteiger charge is 2.40. The molecule has 3 unspecified atom stereocenters. The lowest BCUT2D eigenvalue weighted by atomic mass is 9.99. The van der Waals surface area contributed by atoms with Crippen LogP contribution in [0.25, 0.3) is 0 Å². The van der Waals surface area contributed by atoms with Gasteiger partial charge in [0.05, 0.1) is 31.4 Å². The molecule has 5 N–H and O–H groups in total. The summed E-state index contributed by atoms with van der Waals surface area (Å²) in [6, 6.07) is 13.3. The van der Waals surface area contributed by atoms with Gasteiger partial charge in [-0.3, -0.25) is 9.79 Å². The van der Waals surface area contributed by atoms with Gasteiger partial charge in [0.2, 0.25) is 5.91 Å². The van der Waals surface area contributed by atoms with Gasteiger partial charge in [-0.25, -0.2) is 10.9 Å². The van der Waals surface area contributed by atoms with Crippen LogP contribution < -0.4 is 31.5 Å². The van der Waals surface area contributed by atoms with Crippen LogP contribution in [0.5, 0.6) is 5.75 Å². The summed E-state index contributed by atoms with van der Waals surface area (Å²) in [5, 5.41) is 3.67. The molecule has 0 aliphatic carbocycles. The number of carbonyl (C=O) groups is 1. The Balaban J connectivity index is 1.74. The van der Waals surface area contributed by atoms with Gasteiger partial charge >= 0.3 is 0 Å². The summed E-state index contributed by atoms with van der Waals surface area (Å²) in [6.07, 6.45) is 1.83. The van der Waals surface area contributed by atoms with E-state index in [9.17, 15) is 4.79 Å². The first-order chi connectivity index (χ1) is 16.0. The lowest BCUT2D eigenvalue weighted by molar-refractivity contribution is -0.121. The third-order valence-electron chi connectivity index (χ3n) is 6.02. The molecule has 1 saturated heterocycles. The van der Waals surface area contributed by atoms with Crippen molar-refractivity contribution in [3.05, 3.63) is 58.6 Å². The van der Waals surface area contributed by atoms with E-state index >= 15 is 0 Å². The van der Waals surface area contributed by atoms with Crippen LogP contribution in [-0.2, 0) is 4.79 Å². The first-order valence-electron chi connectivity index (χ1n) is 11.3. The topological polar surface area (TPSA) is 104 Å². The van der Waals surface area contributed by atoms with E-state index in [1.54, 1.807) is 7.11 Å². The van der Waals surface area contributed by atoms with E-state index in [0.717, 1.165) is 41.1 Å². The van der Waals surface area contributed by atoms with Gasteiger partial charge in [-0.1, -0.05) is 23.7 Å². The van der Waals surface area contributed by atoms with Crippen molar-refractivity contribution in [3.63, 3.8) is 0 Å². The maximum atomic E-state index is 12.8. The number of hydrogen-bond acceptors (Lipinski definition) is 7. The highest BCUT2D eigenvalue weighted by molar-refractivity contribution is 6.30. The molecule has 176 valence electrons. The molecule has 2 aromatic rings. The lowest BCUT2D eigenvalue weighted by Gasteiger charge is -2.31. The quantitative estimate of drug-likeness (QED) is 0.442. The van der Waals surface area contributed by atoms with Crippen LogP contribution >= 0.6 is 11.6 Å². The average molecular weight is 471 g/mol. The van der Waals surface area contributed by atoms with Gasteiger partial charge in [-0.15, -0.1) is 0 Å². The number of unbranched alkanes of at least 4 members (excludes halogenated alkanes) is 1. The fourth-order valence-corrected chi connectivity index (χ4v) is 4.47. The molecule has 9 heteroatoms. The van der Waals surface area contributed by atoms with Crippen molar-refractivity contribution in [2.24, 2.45) is 10.7 Å². The molecule has 0 spiro atoms. The van der Waals surface area contributed by atoms with Crippen LogP contribution in [0.4, 0.5) is 5.69 Å². The van der Waals surface area contributed by atoms with Crippen molar-refractivity contribution in [1.82, 2.24) is 16.2 Å². The molecule has 0 radical (unpaired) electrons. The first-order valence-corrected chi connectivity index (χ1v) is 11.7. The van der Waals surface area contributed by atoms with Gasteiger partial charge in [0.25, 0.3) is 0 Å². The second kappa shape index (κ2) is 10.5. The SMILES string of the molecule is COc1ccc2c(c1)C(c1ccc(Cl)cc1)=NC(CC(=O)NCCCCN)C1NNC(C)N21. The van der Waals surface area contributed by atoms with Crippen LogP contribution in [0, 0.1) is 0 Å². The first kappa shape index (κ1) is 23.5. The minimum Gasteiger partial charge on any atom is -0.497 e. The molecule has 3 atom stereocenters. The molecule has 8 nitrogen and oxygen atoms in total. The van der Waals surface area contributed by atoms with Crippen LogP contribution in [0.2, 0.25) is 5.02 Å². The summed E-state index contributed by atoms with van der Waals surface area (Å²) in [7, 11) is 1.65. The number of methoxy groups -OCH3 is 1. The number of nitrogens with two attached hydrogens (primary N) is 1. The van der Waals surface area contributed by atoms with Crippen molar-refractivity contribution in [2.45, 2.75) is 44.6 Å². The van der Waals surface area contributed by atoms with E-state index in [4.69, 9.17) is 27.1 Å². The largest absolute Gasteiger partial charge is 0.497 e. The summed E-state index contributed by atoms with van der Waals surface area (Å²) >= 11 is 6.15. The Kier molecular flexibility index (Phi) is 7.49. The van der Waals surface area contributed by atoms with E-state index in [-0.39, 0.29) is 30.7 Å². The molecule has 2 aromatic carbocycles. The Labute approximate surface area is 199 Å². The monoisotopic (exact) mass is 470 g/mol. The van der Waals surface area contributed by atoms with Crippen LogP contribution in [0.3, 0.4) is 0 Å². The lowest BCUT2D eigenvalue weighted by Crippen LogP contribution is -2.47.